The standard InChI is InChI=1S/C21H24N10/c1-3-16-20-28-27-13(2)30(20)17-12-23-21(26-19(17)31(16)15-6-4-5-7-15)29-9-8-22-18(29)14-10-24-25-11-14/h8-12,15-16H,3-7H2,1-2H3,(H,24,25)/t16-/m1/s1. The fourth-order valence-corrected chi connectivity index (χ4v) is 5.03. The Hall–Kier alpha value is -3.56. The number of hydrogen-bond donors (Lipinski definition) is 1. The predicted molar refractivity (Wildman–Crippen MR) is 114 cm³/mol. The van der Waals surface area contributed by atoms with Gasteiger partial charge in [0.05, 0.1) is 24.0 Å². The van der Waals surface area contributed by atoms with Crippen LogP contribution in [0, 0.1) is 6.92 Å². The maximum absolute atomic E-state index is 5.10. The molecule has 4 aromatic rings. The van der Waals surface area contributed by atoms with Gasteiger partial charge in [-0.2, -0.15) is 10.1 Å². The molecule has 31 heavy (non-hydrogen) atoms. The molecule has 1 atom stereocenters. The lowest BCUT2D eigenvalue weighted by Gasteiger charge is -2.41. The fraction of sp³-hybridized carbons (Fsp3) is 0.429. The van der Waals surface area contributed by atoms with E-state index in [0.717, 1.165) is 41.0 Å². The molecule has 1 N–H and O–H groups in total. The first-order valence-corrected chi connectivity index (χ1v) is 10.9. The summed E-state index contributed by atoms with van der Waals surface area (Å²) in [6.45, 7) is 4.19. The van der Waals surface area contributed by atoms with Gasteiger partial charge < -0.3 is 4.90 Å². The highest BCUT2D eigenvalue weighted by Gasteiger charge is 2.39. The molecule has 0 bridgehead atoms. The minimum atomic E-state index is 0.149. The smallest absolute Gasteiger partial charge is 0.237 e. The summed E-state index contributed by atoms with van der Waals surface area (Å²) in [5, 5.41) is 15.8. The number of nitrogens with zero attached hydrogens (tertiary/aromatic N) is 9. The molecule has 0 spiro atoms. The number of anilines is 1. The van der Waals surface area contributed by atoms with Crippen molar-refractivity contribution in [3.05, 3.63) is 42.6 Å². The molecule has 10 heteroatoms. The van der Waals surface area contributed by atoms with Gasteiger partial charge in [0.25, 0.3) is 0 Å². The van der Waals surface area contributed by atoms with Crippen LogP contribution in [-0.4, -0.2) is 50.5 Å². The second-order valence-electron chi connectivity index (χ2n) is 8.20. The van der Waals surface area contributed by atoms with Gasteiger partial charge in [-0.1, -0.05) is 19.8 Å². The van der Waals surface area contributed by atoms with Gasteiger partial charge in [-0.25, -0.2) is 9.97 Å². The highest BCUT2D eigenvalue weighted by molar-refractivity contribution is 5.64. The Kier molecular flexibility index (Phi) is 4.12. The van der Waals surface area contributed by atoms with Crippen LogP contribution in [0.1, 0.15) is 56.7 Å². The lowest BCUT2D eigenvalue weighted by atomic mass is 10.0. The van der Waals surface area contributed by atoms with Crippen molar-refractivity contribution in [3.63, 3.8) is 0 Å². The first-order valence-electron chi connectivity index (χ1n) is 10.9. The van der Waals surface area contributed by atoms with E-state index in [0.29, 0.717) is 12.0 Å². The summed E-state index contributed by atoms with van der Waals surface area (Å²) in [5.74, 6) is 4.15. The third kappa shape index (κ3) is 2.70. The van der Waals surface area contributed by atoms with E-state index in [1.807, 2.05) is 30.1 Å². The molecule has 0 aromatic carbocycles. The topological polar surface area (TPSA) is 106 Å². The molecule has 1 aliphatic heterocycles. The molecule has 158 valence electrons. The maximum Gasteiger partial charge on any atom is 0.237 e. The van der Waals surface area contributed by atoms with Crippen molar-refractivity contribution in [1.29, 1.82) is 0 Å². The van der Waals surface area contributed by atoms with Gasteiger partial charge in [0.1, 0.15) is 17.3 Å². The number of imidazole rings is 1. The minimum Gasteiger partial charge on any atom is -0.341 e. The van der Waals surface area contributed by atoms with Gasteiger partial charge in [-0.05, 0) is 26.2 Å². The number of rotatable bonds is 4. The average Bonchev–Trinajstić information content (AvgIpc) is 3.59. The van der Waals surface area contributed by atoms with Gasteiger partial charge in [0, 0.05) is 24.6 Å². The molecule has 0 radical (unpaired) electrons. The number of fused-ring (bicyclic) bond motifs is 3. The Morgan fingerprint density at radius 2 is 2.00 bits per heavy atom. The number of aromatic amines is 1. The van der Waals surface area contributed by atoms with Gasteiger partial charge in [-0.3, -0.25) is 14.2 Å². The number of aromatic nitrogens is 9. The van der Waals surface area contributed by atoms with Crippen LogP contribution in [-0.2, 0) is 0 Å². The summed E-state index contributed by atoms with van der Waals surface area (Å²) in [5.41, 5.74) is 1.84. The molecule has 1 saturated carbocycles. The Morgan fingerprint density at radius 1 is 1.13 bits per heavy atom. The van der Waals surface area contributed by atoms with Crippen molar-refractivity contribution in [2.45, 2.75) is 58.0 Å². The lowest BCUT2D eigenvalue weighted by Crippen LogP contribution is -2.42. The van der Waals surface area contributed by atoms with Crippen LogP contribution in [0.15, 0.2) is 31.0 Å². The van der Waals surface area contributed by atoms with E-state index in [9.17, 15) is 0 Å². The van der Waals surface area contributed by atoms with Crippen molar-refractivity contribution < 1.29 is 0 Å². The third-order valence-corrected chi connectivity index (χ3v) is 6.42. The van der Waals surface area contributed by atoms with E-state index in [4.69, 9.17) is 9.97 Å². The molecular weight excluding hydrogens is 392 g/mol. The van der Waals surface area contributed by atoms with Gasteiger partial charge in [0.2, 0.25) is 5.95 Å². The predicted octanol–water partition coefficient (Wildman–Crippen LogP) is 3.16. The molecule has 0 unspecified atom stereocenters. The molecule has 5 heterocycles. The quantitative estimate of drug-likeness (QED) is 0.545. The monoisotopic (exact) mass is 416 g/mol. The molecule has 10 nitrogen and oxygen atoms in total. The first-order chi connectivity index (χ1) is 15.3. The van der Waals surface area contributed by atoms with E-state index in [1.165, 1.54) is 25.7 Å². The highest BCUT2D eigenvalue weighted by Crippen LogP contribution is 2.43. The van der Waals surface area contributed by atoms with Gasteiger partial charge in [0.15, 0.2) is 11.6 Å². The van der Waals surface area contributed by atoms with Crippen LogP contribution in [0.25, 0.3) is 23.0 Å². The summed E-state index contributed by atoms with van der Waals surface area (Å²) < 4.78 is 4.02. The summed E-state index contributed by atoms with van der Waals surface area (Å²) in [7, 11) is 0. The molecule has 0 amide bonds. The van der Waals surface area contributed by atoms with Crippen molar-refractivity contribution in [3.8, 4) is 23.0 Å². The van der Waals surface area contributed by atoms with Crippen molar-refractivity contribution >= 4 is 5.82 Å². The molecule has 2 aliphatic rings. The Balaban J connectivity index is 1.54. The minimum absolute atomic E-state index is 0.149. The number of hydrogen-bond acceptors (Lipinski definition) is 7. The second-order valence-corrected chi connectivity index (χ2v) is 8.20. The highest BCUT2D eigenvalue weighted by atomic mass is 15.4. The van der Waals surface area contributed by atoms with Crippen LogP contribution >= 0.6 is 0 Å². The molecule has 1 fully saturated rings. The number of nitrogens with one attached hydrogen (secondary N) is 1. The summed E-state index contributed by atoms with van der Waals surface area (Å²) in [4.78, 5) is 16.8. The summed E-state index contributed by atoms with van der Waals surface area (Å²) in [6, 6.07) is 0.601. The van der Waals surface area contributed by atoms with Crippen molar-refractivity contribution in [2.75, 3.05) is 4.90 Å². The molecule has 1 aliphatic carbocycles. The zero-order valence-electron chi connectivity index (χ0n) is 17.6. The molecule has 6 rings (SSSR count). The first kappa shape index (κ1) is 18.2. The van der Waals surface area contributed by atoms with E-state index in [1.54, 1.807) is 12.4 Å². The lowest BCUT2D eigenvalue weighted by molar-refractivity contribution is 0.467. The normalized spacial score (nSPS) is 18.4. The Morgan fingerprint density at radius 3 is 2.77 bits per heavy atom. The van der Waals surface area contributed by atoms with Crippen LogP contribution < -0.4 is 4.90 Å². The number of aryl methyl sites for hydroxylation is 1. The van der Waals surface area contributed by atoms with Crippen LogP contribution in [0.4, 0.5) is 5.82 Å². The van der Waals surface area contributed by atoms with Crippen LogP contribution in [0.5, 0.6) is 0 Å². The zero-order valence-corrected chi connectivity index (χ0v) is 17.6. The van der Waals surface area contributed by atoms with Crippen molar-refractivity contribution in [1.82, 2.24) is 44.5 Å². The van der Waals surface area contributed by atoms with E-state index >= 15 is 0 Å². The largest absolute Gasteiger partial charge is 0.341 e. The van der Waals surface area contributed by atoms with E-state index < -0.39 is 0 Å². The second kappa shape index (κ2) is 7.00. The molecule has 0 saturated heterocycles. The van der Waals surface area contributed by atoms with Crippen molar-refractivity contribution in [2.24, 2.45) is 0 Å². The zero-order chi connectivity index (χ0) is 20.9. The average molecular weight is 416 g/mol. The fourth-order valence-electron chi connectivity index (χ4n) is 5.03. The maximum atomic E-state index is 5.10. The van der Waals surface area contributed by atoms with Gasteiger partial charge >= 0.3 is 0 Å². The Labute approximate surface area is 179 Å². The summed E-state index contributed by atoms with van der Waals surface area (Å²) in [6.07, 6.45) is 14.9. The SMILES string of the molecule is CC[C@@H]1c2nnc(C)n2-c2cnc(-n3ccnc3-c3cn[nH]c3)nc2N1C1CCCC1. The molecular formula is C21H24N10. The van der Waals surface area contributed by atoms with Crippen LogP contribution in [0.3, 0.4) is 0 Å². The summed E-state index contributed by atoms with van der Waals surface area (Å²) >= 11 is 0. The Bertz CT molecular complexity index is 1220. The van der Waals surface area contributed by atoms with E-state index in [-0.39, 0.29) is 6.04 Å². The van der Waals surface area contributed by atoms with E-state index in [2.05, 4.69) is 41.8 Å². The van der Waals surface area contributed by atoms with Crippen LogP contribution in [0.2, 0.25) is 0 Å². The molecule has 4 aromatic heterocycles. The third-order valence-electron chi connectivity index (χ3n) is 6.42. The van der Waals surface area contributed by atoms with Gasteiger partial charge in [-0.15, -0.1) is 10.2 Å². The number of H-pyrrole nitrogens is 1.